The van der Waals surface area contributed by atoms with Gasteiger partial charge in [-0.05, 0) is 64.2 Å². The summed E-state index contributed by atoms with van der Waals surface area (Å²) in [4.78, 5) is 35.9. The Morgan fingerprint density at radius 1 is 0.372 bits per heavy atom. The molecule has 0 aromatic carbocycles. The van der Waals surface area contributed by atoms with E-state index in [4.69, 9.17) is 18.5 Å². The molecule has 1 N–H and O–H groups in total. The van der Waals surface area contributed by atoms with E-state index in [2.05, 4.69) is 86.8 Å². The molecular weight excluding hydrogens is 1090 g/mol. The van der Waals surface area contributed by atoms with Gasteiger partial charge in [0.25, 0.3) is 0 Å². The van der Waals surface area contributed by atoms with Gasteiger partial charge in [0.05, 0.1) is 27.7 Å². The summed E-state index contributed by atoms with van der Waals surface area (Å²) in [6, 6.07) is 0. The van der Waals surface area contributed by atoms with Crippen molar-refractivity contribution in [1.29, 1.82) is 0 Å². The molecule has 0 fully saturated rings. The van der Waals surface area contributed by atoms with E-state index in [1.54, 1.807) is 0 Å². The van der Waals surface area contributed by atoms with Crippen molar-refractivity contribution in [3.8, 4) is 0 Å². The molecule has 0 spiro atoms. The van der Waals surface area contributed by atoms with E-state index in [0.717, 1.165) is 77.0 Å². The summed E-state index contributed by atoms with van der Waals surface area (Å²) in [5.41, 5.74) is 0. The molecule has 0 saturated heterocycles. The lowest BCUT2D eigenvalue weighted by atomic mass is 10.0. The summed E-state index contributed by atoms with van der Waals surface area (Å²) in [6.07, 6.45) is 90.2. The smallest absolute Gasteiger partial charge is 0.462 e. The van der Waals surface area contributed by atoms with Crippen LogP contribution in [0, 0.1) is 0 Å². The van der Waals surface area contributed by atoms with Gasteiger partial charge in [-0.2, -0.15) is 0 Å². The Morgan fingerprint density at radius 2 is 0.663 bits per heavy atom. The zero-order chi connectivity index (χ0) is 62.6. The highest BCUT2D eigenvalue weighted by Crippen LogP contribution is 2.43. The first-order valence-corrected chi connectivity index (χ1v) is 38.2. The van der Waals surface area contributed by atoms with E-state index in [1.165, 1.54) is 238 Å². The van der Waals surface area contributed by atoms with E-state index in [1.807, 2.05) is 21.1 Å². The first kappa shape index (κ1) is 83.5. The van der Waals surface area contributed by atoms with Crippen molar-refractivity contribution in [2.75, 3.05) is 47.5 Å². The molecule has 0 aliphatic carbocycles. The van der Waals surface area contributed by atoms with Crippen LogP contribution < -0.4 is 0 Å². The monoisotopic (exact) mass is 1230 g/mol. The van der Waals surface area contributed by atoms with Crippen LogP contribution in [0.2, 0.25) is 0 Å². The van der Waals surface area contributed by atoms with E-state index < -0.39 is 26.5 Å². The molecule has 0 aliphatic heterocycles. The second kappa shape index (κ2) is 66.9. The SMILES string of the molecule is CC/C=C\C/C=C\C/C=C\C/C=C\C/C=C\C/C=C\CCCCCCCCCCCCCCC(=O)OC(COC(=O)CCCCCCCCCCCCCCCCCCCCCCCCCCCCCCCCC)COP(=O)(O)OCC[N+](C)(C)C. The highest BCUT2D eigenvalue weighted by molar-refractivity contribution is 7.47. The van der Waals surface area contributed by atoms with E-state index in [-0.39, 0.29) is 25.6 Å². The van der Waals surface area contributed by atoms with Gasteiger partial charge in [0.2, 0.25) is 0 Å². The highest BCUT2D eigenvalue weighted by Gasteiger charge is 2.27. The number of nitrogens with zero attached hydrogens (tertiary/aromatic N) is 1. The maximum absolute atomic E-state index is 12.9. The van der Waals surface area contributed by atoms with Crippen LogP contribution in [0.1, 0.15) is 348 Å². The fraction of sp³-hybridized carbons (Fsp3) is 0.816. The molecule has 0 saturated carbocycles. The standard InChI is InChI=1S/C76H140NO8P/c1-6-8-10-12-14-16-18-20-22-24-26-28-30-32-34-36-38-40-42-44-46-48-50-52-54-56-58-60-62-64-66-68-75(78)82-72-74(73-84-86(80,81)83-71-70-77(3,4)5)85-76(79)69-67-65-63-61-59-57-55-53-51-49-47-45-43-41-39-37-35-33-31-29-27-25-23-21-19-17-15-13-11-9-7-2/h9,11,15,17,21,23,27,29,33,35,39,41,74H,6-8,10,12-14,16,18-20,22,24-26,28,30-32,34,36-38,40,42-73H2,1-5H3/p+1/b11-9-,17-15-,23-21-,29-27-,35-33-,41-39-. The van der Waals surface area contributed by atoms with Crippen molar-refractivity contribution in [1.82, 2.24) is 0 Å². The number of carbonyl (C=O) groups excluding carboxylic acids is 2. The molecule has 0 radical (unpaired) electrons. The van der Waals surface area contributed by atoms with Crippen LogP contribution in [0.3, 0.4) is 0 Å². The second-order valence-corrected chi connectivity index (χ2v) is 27.4. The summed E-state index contributed by atoms with van der Waals surface area (Å²) in [6.45, 7) is 4.37. The van der Waals surface area contributed by atoms with Crippen LogP contribution in [-0.4, -0.2) is 74.9 Å². The highest BCUT2D eigenvalue weighted by atomic mass is 31.2. The van der Waals surface area contributed by atoms with Crippen LogP contribution in [0.15, 0.2) is 72.9 Å². The van der Waals surface area contributed by atoms with Crippen LogP contribution >= 0.6 is 7.82 Å². The lowest BCUT2D eigenvalue weighted by molar-refractivity contribution is -0.870. The minimum Gasteiger partial charge on any atom is -0.462 e. The predicted octanol–water partition coefficient (Wildman–Crippen LogP) is 23.9. The van der Waals surface area contributed by atoms with Crippen molar-refractivity contribution >= 4 is 19.8 Å². The van der Waals surface area contributed by atoms with Gasteiger partial charge in [0.1, 0.15) is 19.8 Å². The van der Waals surface area contributed by atoms with E-state index in [0.29, 0.717) is 23.9 Å². The average Bonchev–Trinajstić information content (AvgIpc) is 3.56. The van der Waals surface area contributed by atoms with Gasteiger partial charge in [-0.3, -0.25) is 18.6 Å². The van der Waals surface area contributed by atoms with Gasteiger partial charge in [-0.1, -0.05) is 344 Å². The fourth-order valence-electron chi connectivity index (χ4n) is 10.7. The van der Waals surface area contributed by atoms with Gasteiger partial charge < -0.3 is 18.9 Å². The largest absolute Gasteiger partial charge is 0.472 e. The molecule has 0 aromatic heterocycles. The summed E-state index contributed by atoms with van der Waals surface area (Å²) in [7, 11) is 1.49. The maximum Gasteiger partial charge on any atom is 0.472 e. The van der Waals surface area contributed by atoms with Crippen molar-refractivity contribution in [2.45, 2.75) is 354 Å². The Kier molecular flexibility index (Phi) is 64.9. The molecular formula is C76H141NO8P+. The zero-order valence-electron chi connectivity index (χ0n) is 57.3. The Balaban J connectivity index is 4.00. The number of hydrogen-bond donors (Lipinski definition) is 1. The number of ether oxygens (including phenoxy) is 2. The number of esters is 2. The van der Waals surface area contributed by atoms with Crippen molar-refractivity contribution in [3.05, 3.63) is 72.9 Å². The number of unbranched alkanes of at least 4 members (excludes halogenated alkanes) is 42. The molecule has 0 aliphatic rings. The number of phosphoric acid groups is 1. The third-order valence-electron chi connectivity index (χ3n) is 16.3. The quantitative estimate of drug-likeness (QED) is 0.0211. The van der Waals surface area contributed by atoms with Crippen molar-refractivity contribution in [2.24, 2.45) is 0 Å². The third kappa shape index (κ3) is 70.5. The van der Waals surface area contributed by atoms with Crippen molar-refractivity contribution in [3.63, 3.8) is 0 Å². The van der Waals surface area contributed by atoms with Gasteiger partial charge in [-0.15, -0.1) is 0 Å². The molecule has 0 heterocycles. The number of phosphoric ester groups is 1. The molecule has 0 aromatic rings. The van der Waals surface area contributed by atoms with Crippen LogP contribution in [0.4, 0.5) is 0 Å². The molecule has 0 rings (SSSR count). The van der Waals surface area contributed by atoms with Crippen LogP contribution in [0.25, 0.3) is 0 Å². The lowest BCUT2D eigenvalue weighted by Crippen LogP contribution is -2.37. The lowest BCUT2D eigenvalue weighted by Gasteiger charge is -2.24. The van der Waals surface area contributed by atoms with Gasteiger partial charge >= 0.3 is 19.8 Å². The van der Waals surface area contributed by atoms with Crippen molar-refractivity contribution < 1.29 is 42.1 Å². The fourth-order valence-corrected chi connectivity index (χ4v) is 11.4. The molecule has 0 amide bonds. The minimum atomic E-state index is -4.39. The Morgan fingerprint density at radius 3 is 0.988 bits per heavy atom. The number of rotatable bonds is 68. The molecule has 2 unspecified atom stereocenters. The molecule has 10 heteroatoms. The second-order valence-electron chi connectivity index (χ2n) is 26.0. The number of carbonyl (C=O) groups is 2. The number of quaternary nitrogens is 1. The summed E-state index contributed by atoms with van der Waals surface area (Å²) >= 11 is 0. The average molecular weight is 1230 g/mol. The minimum absolute atomic E-state index is 0.0310. The number of hydrogen-bond acceptors (Lipinski definition) is 7. The number of allylic oxidation sites excluding steroid dienone is 12. The van der Waals surface area contributed by atoms with Gasteiger partial charge in [0.15, 0.2) is 6.10 Å². The van der Waals surface area contributed by atoms with Crippen LogP contribution in [0.5, 0.6) is 0 Å². The first-order chi connectivity index (χ1) is 42.0. The Hall–Kier alpha value is -2.55. The third-order valence-corrected chi connectivity index (χ3v) is 17.2. The molecule has 0 bridgehead atoms. The summed E-state index contributed by atoms with van der Waals surface area (Å²) in [5, 5.41) is 0. The van der Waals surface area contributed by atoms with E-state index in [9.17, 15) is 19.0 Å². The first-order valence-electron chi connectivity index (χ1n) is 36.7. The Bertz CT molecular complexity index is 1680. The molecule has 502 valence electrons. The Labute approximate surface area is 533 Å². The zero-order valence-corrected chi connectivity index (χ0v) is 58.2. The van der Waals surface area contributed by atoms with Gasteiger partial charge in [0, 0.05) is 12.8 Å². The van der Waals surface area contributed by atoms with Gasteiger partial charge in [-0.25, -0.2) is 4.57 Å². The summed E-state index contributed by atoms with van der Waals surface area (Å²) < 4.78 is 34.8. The normalized spacial score (nSPS) is 13.5. The predicted molar refractivity (Wildman–Crippen MR) is 372 cm³/mol. The topological polar surface area (TPSA) is 108 Å². The molecule has 2 atom stereocenters. The molecule has 86 heavy (non-hydrogen) atoms. The maximum atomic E-state index is 12.9. The van der Waals surface area contributed by atoms with Crippen LogP contribution in [-0.2, 0) is 32.7 Å². The van der Waals surface area contributed by atoms with E-state index >= 15 is 0 Å². The number of likely N-dealkylation sites (N-methyl/N-ethyl adjacent to an activating group) is 1. The summed E-state index contributed by atoms with van der Waals surface area (Å²) in [5.74, 6) is -0.785. The molecule has 9 nitrogen and oxygen atoms in total.